The predicted molar refractivity (Wildman–Crippen MR) is 85.7 cm³/mol. The Bertz CT molecular complexity index is 244. The zero-order chi connectivity index (χ0) is 14.5. The van der Waals surface area contributed by atoms with Crippen LogP contribution in [-0.4, -0.2) is 48.6 Å². The molecule has 1 atom stereocenters. The summed E-state index contributed by atoms with van der Waals surface area (Å²) in [6.45, 7) is 12.0. The first-order valence-corrected chi connectivity index (χ1v) is 8.36. The molecule has 0 heterocycles. The van der Waals surface area contributed by atoms with Crippen molar-refractivity contribution in [2.75, 3.05) is 27.2 Å². The second-order valence-electron chi connectivity index (χ2n) is 7.04. The van der Waals surface area contributed by atoms with Gasteiger partial charge in [0.15, 0.2) is 0 Å². The zero-order valence-corrected chi connectivity index (χ0v) is 14.2. The number of hydrogen-bond acceptors (Lipinski definition) is 2. The smallest absolute Gasteiger partial charge is 0.0211 e. The van der Waals surface area contributed by atoms with Crippen LogP contribution in [0.2, 0.25) is 0 Å². The van der Waals surface area contributed by atoms with Crippen LogP contribution in [-0.2, 0) is 0 Å². The highest BCUT2D eigenvalue weighted by molar-refractivity contribution is 5.03. The summed E-state index contributed by atoms with van der Waals surface area (Å²) >= 11 is 0. The average Bonchev–Trinajstić information content (AvgIpc) is 3.13. The van der Waals surface area contributed by atoms with Gasteiger partial charge in [0, 0.05) is 18.1 Å². The fraction of sp³-hybridized carbons (Fsp3) is 1.00. The third kappa shape index (κ3) is 5.07. The van der Waals surface area contributed by atoms with Gasteiger partial charge in [-0.1, -0.05) is 20.3 Å². The van der Waals surface area contributed by atoms with E-state index in [1.165, 1.54) is 51.6 Å². The van der Waals surface area contributed by atoms with E-state index in [2.05, 4.69) is 51.6 Å². The molecule has 1 aliphatic rings. The molecular formula is C17H36N2. The molecule has 0 aromatic carbocycles. The molecule has 1 fully saturated rings. The molecule has 0 spiro atoms. The molecule has 0 N–H and O–H groups in total. The number of hydrogen-bond donors (Lipinski definition) is 0. The standard InChI is InChI=1S/C17H36N2/c1-7-16(14-18(5)6)10-9-13-19(15(3)4)17(8-2)11-12-17/h15-16H,7-14H2,1-6H3. The lowest BCUT2D eigenvalue weighted by Crippen LogP contribution is -2.42. The van der Waals surface area contributed by atoms with Crippen LogP contribution in [0.25, 0.3) is 0 Å². The van der Waals surface area contributed by atoms with E-state index in [1.807, 2.05) is 0 Å². The van der Waals surface area contributed by atoms with Crippen molar-refractivity contribution in [2.45, 2.75) is 77.8 Å². The van der Waals surface area contributed by atoms with Gasteiger partial charge in [-0.2, -0.15) is 0 Å². The van der Waals surface area contributed by atoms with Crippen molar-refractivity contribution in [1.29, 1.82) is 0 Å². The van der Waals surface area contributed by atoms with E-state index in [-0.39, 0.29) is 0 Å². The SMILES string of the molecule is CCC(CCCN(C(C)C)C1(CC)CC1)CN(C)C. The average molecular weight is 268 g/mol. The van der Waals surface area contributed by atoms with Crippen molar-refractivity contribution in [3.8, 4) is 0 Å². The monoisotopic (exact) mass is 268 g/mol. The Morgan fingerprint density at radius 1 is 1.11 bits per heavy atom. The van der Waals surface area contributed by atoms with Crippen LogP contribution in [0.3, 0.4) is 0 Å². The summed E-state index contributed by atoms with van der Waals surface area (Å²) in [6, 6.07) is 0.705. The van der Waals surface area contributed by atoms with Gasteiger partial charge in [0.1, 0.15) is 0 Å². The molecule has 0 aliphatic heterocycles. The molecule has 19 heavy (non-hydrogen) atoms. The Morgan fingerprint density at radius 3 is 2.11 bits per heavy atom. The quantitative estimate of drug-likeness (QED) is 0.591. The summed E-state index contributed by atoms with van der Waals surface area (Å²) in [5.41, 5.74) is 0.581. The lowest BCUT2D eigenvalue weighted by Gasteiger charge is -2.35. The van der Waals surface area contributed by atoms with Crippen LogP contribution < -0.4 is 0 Å². The fourth-order valence-electron chi connectivity index (χ4n) is 3.52. The Kier molecular flexibility index (Phi) is 6.82. The van der Waals surface area contributed by atoms with E-state index in [4.69, 9.17) is 0 Å². The molecule has 1 saturated carbocycles. The number of nitrogens with zero attached hydrogens (tertiary/aromatic N) is 2. The van der Waals surface area contributed by atoms with Gasteiger partial charge in [-0.25, -0.2) is 0 Å². The highest BCUT2D eigenvalue weighted by Crippen LogP contribution is 2.45. The van der Waals surface area contributed by atoms with Crippen molar-refractivity contribution in [3.63, 3.8) is 0 Å². The minimum atomic E-state index is 0.581. The van der Waals surface area contributed by atoms with Gasteiger partial charge in [-0.05, 0) is 72.5 Å². The Hall–Kier alpha value is -0.0800. The summed E-state index contributed by atoms with van der Waals surface area (Å²) in [5, 5.41) is 0. The van der Waals surface area contributed by atoms with Crippen LogP contribution in [0.1, 0.15) is 66.2 Å². The first-order valence-electron chi connectivity index (χ1n) is 8.36. The van der Waals surface area contributed by atoms with Crippen molar-refractivity contribution in [3.05, 3.63) is 0 Å². The van der Waals surface area contributed by atoms with E-state index in [0.717, 1.165) is 5.92 Å². The van der Waals surface area contributed by atoms with Crippen LogP contribution >= 0.6 is 0 Å². The molecule has 0 radical (unpaired) electrons. The third-order valence-electron chi connectivity index (χ3n) is 4.93. The topological polar surface area (TPSA) is 6.48 Å². The second kappa shape index (κ2) is 7.64. The highest BCUT2D eigenvalue weighted by Gasteiger charge is 2.46. The summed E-state index contributed by atoms with van der Waals surface area (Å²) < 4.78 is 0. The van der Waals surface area contributed by atoms with Crippen molar-refractivity contribution in [1.82, 2.24) is 9.80 Å². The molecule has 0 aromatic heterocycles. The normalized spacial score (nSPS) is 19.4. The summed E-state index contributed by atoms with van der Waals surface area (Å²) in [5.74, 6) is 0.876. The molecule has 0 bridgehead atoms. The number of rotatable bonds is 10. The van der Waals surface area contributed by atoms with E-state index < -0.39 is 0 Å². The molecule has 2 nitrogen and oxygen atoms in total. The lowest BCUT2D eigenvalue weighted by atomic mass is 9.99. The molecule has 0 amide bonds. The Balaban J connectivity index is 2.36. The Morgan fingerprint density at radius 2 is 1.74 bits per heavy atom. The van der Waals surface area contributed by atoms with Gasteiger partial charge >= 0.3 is 0 Å². The van der Waals surface area contributed by atoms with Gasteiger partial charge in [0.2, 0.25) is 0 Å². The molecule has 0 aromatic rings. The maximum Gasteiger partial charge on any atom is 0.0211 e. The zero-order valence-electron chi connectivity index (χ0n) is 14.2. The molecule has 114 valence electrons. The molecule has 0 saturated heterocycles. The van der Waals surface area contributed by atoms with Crippen LogP contribution in [0.4, 0.5) is 0 Å². The van der Waals surface area contributed by atoms with Gasteiger partial charge in [0.05, 0.1) is 0 Å². The predicted octanol–water partition coefficient (Wildman–Crippen LogP) is 4.01. The van der Waals surface area contributed by atoms with Gasteiger partial charge in [0.25, 0.3) is 0 Å². The summed E-state index contributed by atoms with van der Waals surface area (Å²) in [4.78, 5) is 5.12. The van der Waals surface area contributed by atoms with Crippen molar-refractivity contribution in [2.24, 2.45) is 5.92 Å². The van der Waals surface area contributed by atoms with Crippen LogP contribution in [0.15, 0.2) is 0 Å². The minimum Gasteiger partial charge on any atom is -0.309 e. The Labute approximate surface area is 121 Å². The molecule has 1 rings (SSSR count). The lowest BCUT2D eigenvalue weighted by molar-refractivity contribution is 0.124. The highest BCUT2D eigenvalue weighted by atomic mass is 15.2. The fourth-order valence-corrected chi connectivity index (χ4v) is 3.52. The van der Waals surface area contributed by atoms with Gasteiger partial charge in [-0.3, -0.25) is 4.90 Å². The molecule has 1 unspecified atom stereocenters. The van der Waals surface area contributed by atoms with Gasteiger partial charge < -0.3 is 4.90 Å². The minimum absolute atomic E-state index is 0.581. The maximum absolute atomic E-state index is 2.79. The van der Waals surface area contributed by atoms with Crippen molar-refractivity contribution >= 4 is 0 Å². The summed E-state index contributed by atoms with van der Waals surface area (Å²) in [7, 11) is 4.39. The van der Waals surface area contributed by atoms with Gasteiger partial charge in [-0.15, -0.1) is 0 Å². The third-order valence-corrected chi connectivity index (χ3v) is 4.93. The van der Waals surface area contributed by atoms with E-state index >= 15 is 0 Å². The van der Waals surface area contributed by atoms with E-state index in [1.54, 1.807) is 0 Å². The van der Waals surface area contributed by atoms with Crippen LogP contribution in [0, 0.1) is 5.92 Å². The molecular weight excluding hydrogens is 232 g/mol. The largest absolute Gasteiger partial charge is 0.309 e. The summed E-state index contributed by atoms with van der Waals surface area (Å²) in [6.07, 6.45) is 8.26. The maximum atomic E-state index is 2.79. The second-order valence-corrected chi connectivity index (χ2v) is 7.04. The first kappa shape index (κ1) is 17.0. The van der Waals surface area contributed by atoms with E-state index in [9.17, 15) is 0 Å². The van der Waals surface area contributed by atoms with Crippen LogP contribution in [0.5, 0.6) is 0 Å². The molecule has 1 aliphatic carbocycles. The van der Waals surface area contributed by atoms with E-state index in [0.29, 0.717) is 11.6 Å². The molecule has 2 heteroatoms. The first-order chi connectivity index (χ1) is 8.95. The van der Waals surface area contributed by atoms with Crippen molar-refractivity contribution < 1.29 is 0 Å².